The second-order valence-electron chi connectivity index (χ2n) is 6.39. The van der Waals surface area contributed by atoms with Crippen LogP contribution in [0.5, 0.6) is 0 Å². The van der Waals surface area contributed by atoms with Gasteiger partial charge in [-0.3, -0.25) is 9.59 Å². The zero-order valence-corrected chi connectivity index (χ0v) is 13.9. The zero-order valence-electron chi connectivity index (χ0n) is 13.9. The first kappa shape index (κ1) is 19.9. The molecule has 0 fully saturated rings. The molecule has 3 atom stereocenters. The molecule has 21 heavy (non-hydrogen) atoms. The third-order valence-electron chi connectivity index (χ3n) is 4.33. The molecule has 3 unspecified atom stereocenters. The molecule has 0 aliphatic rings. The molecule has 4 nitrogen and oxygen atoms in total. The average Bonchev–Trinajstić information content (AvgIpc) is 2.42. The quantitative estimate of drug-likeness (QED) is 0.505. The third-order valence-corrected chi connectivity index (χ3v) is 4.33. The normalized spacial score (nSPS) is 15.4. The van der Waals surface area contributed by atoms with Gasteiger partial charge in [0.2, 0.25) is 5.91 Å². The van der Waals surface area contributed by atoms with E-state index in [1.54, 1.807) is 6.92 Å². The van der Waals surface area contributed by atoms with E-state index in [-0.39, 0.29) is 0 Å². The van der Waals surface area contributed by atoms with E-state index in [1.165, 1.54) is 38.5 Å². The molecule has 0 heterocycles. The molecule has 0 aliphatic heterocycles. The molecule has 0 aromatic rings. The summed E-state index contributed by atoms with van der Waals surface area (Å²) in [6.45, 7) is 5.90. The summed E-state index contributed by atoms with van der Waals surface area (Å²) < 4.78 is 0. The van der Waals surface area contributed by atoms with Crippen molar-refractivity contribution in [3.63, 3.8) is 0 Å². The fourth-order valence-corrected chi connectivity index (χ4v) is 2.72. The van der Waals surface area contributed by atoms with Crippen molar-refractivity contribution in [1.29, 1.82) is 0 Å². The molecule has 0 saturated heterocycles. The van der Waals surface area contributed by atoms with Crippen LogP contribution in [0.3, 0.4) is 0 Å². The molecule has 0 aromatic heterocycles. The van der Waals surface area contributed by atoms with Gasteiger partial charge in [0.1, 0.15) is 0 Å². The van der Waals surface area contributed by atoms with Gasteiger partial charge < -0.3 is 10.8 Å². The monoisotopic (exact) mass is 299 g/mol. The van der Waals surface area contributed by atoms with Gasteiger partial charge in [0.05, 0.1) is 5.92 Å². The highest BCUT2D eigenvalue weighted by Crippen LogP contribution is 2.24. The van der Waals surface area contributed by atoms with Crippen LogP contribution in [-0.4, -0.2) is 17.0 Å². The summed E-state index contributed by atoms with van der Waals surface area (Å²) >= 11 is 0. The Bertz CT molecular complexity index is 304. The van der Waals surface area contributed by atoms with Crippen LogP contribution in [0, 0.1) is 17.8 Å². The fraction of sp³-hybridized carbons (Fsp3) is 0.882. The second-order valence-corrected chi connectivity index (χ2v) is 6.39. The van der Waals surface area contributed by atoms with Crippen LogP contribution in [0.2, 0.25) is 0 Å². The lowest BCUT2D eigenvalue weighted by atomic mass is 9.84. The summed E-state index contributed by atoms with van der Waals surface area (Å²) in [5.74, 6) is -2.36. The Hall–Kier alpha value is -1.06. The van der Waals surface area contributed by atoms with Crippen molar-refractivity contribution >= 4 is 11.9 Å². The first-order chi connectivity index (χ1) is 9.90. The second kappa shape index (κ2) is 11.6. The van der Waals surface area contributed by atoms with Crippen molar-refractivity contribution in [2.75, 3.05) is 0 Å². The lowest BCUT2D eigenvalue weighted by Gasteiger charge is -2.21. The average molecular weight is 299 g/mol. The molecule has 0 spiro atoms. The van der Waals surface area contributed by atoms with Crippen LogP contribution < -0.4 is 5.73 Å². The summed E-state index contributed by atoms with van der Waals surface area (Å²) in [7, 11) is 0. The number of hydrogen-bond acceptors (Lipinski definition) is 2. The minimum absolute atomic E-state index is 0.323. The van der Waals surface area contributed by atoms with E-state index in [9.17, 15) is 14.7 Å². The zero-order chi connectivity index (χ0) is 16.3. The molecule has 1 amide bonds. The van der Waals surface area contributed by atoms with Crippen molar-refractivity contribution in [3.8, 4) is 0 Å². The highest BCUT2D eigenvalue weighted by molar-refractivity contribution is 5.83. The molecule has 0 aromatic carbocycles. The van der Waals surface area contributed by atoms with Crippen molar-refractivity contribution in [2.24, 2.45) is 23.5 Å². The molecule has 0 saturated carbocycles. The van der Waals surface area contributed by atoms with E-state index in [0.717, 1.165) is 12.8 Å². The topological polar surface area (TPSA) is 80.4 Å². The largest absolute Gasteiger partial charge is 0.481 e. The van der Waals surface area contributed by atoms with Gasteiger partial charge in [-0.2, -0.15) is 0 Å². The van der Waals surface area contributed by atoms with Crippen LogP contribution in [-0.2, 0) is 9.59 Å². The Morgan fingerprint density at radius 1 is 1.00 bits per heavy atom. The molecular formula is C17H33NO3. The molecular weight excluding hydrogens is 266 g/mol. The number of carboxylic acid groups (broad SMARTS) is 1. The smallest absolute Gasteiger partial charge is 0.307 e. The Labute approximate surface area is 129 Å². The van der Waals surface area contributed by atoms with Crippen LogP contribution >= 0.6 is 0 Å². The summed E-state index contributed by atoms with van der Waals surface area (Å²) in [4.78, 5) is 22.4. The number of primary amides is 1. The van der Waals surface area contributed by atoms with Crippen LogP contribution in [0.4, 0.5) is 0 Å². The standard InChI is InChI=1S/C17H33NO3/c1-4-5-6-7-8-9-10-11-13(2)12-15(17(20)21)14(3)16(18)19/h13-15H,4-12H2,1-3H3,(H2,18,19)(H,20,21). The molecule has 0 bridgehead atoms. The first-order valence-electron chi connectivity index (χ1n) is 8.42. The van der Waals surface area contributed by atoms with Gasteiger partial charge in [0.15, 0.2) is 0 Å². The number of rotatable bonds is 13. The van der Waals surface area contributed by atoms with Crippen molar-refractivity contribution in [2.45, 2.75) is 78.6 Å². The van der Waals surface area contributed by atoms with Crippen LogP contribution in [0.1, 0.15) is 78.6 Å². The van der Waals surface area contributed by atoms with Gasteiger partial charge >= 0.3 is 5.97 Å². The Balaban J connectivity index is 3.91. The Morgan fingerprint density at radius 3 is 2.00 bits per heavy atom. The van der Waals surface area contributed by atoms with E-state index in [2.05, 4.69) is 13.8 Å². The lowest BCUT2D eigenvalue weighted by molar-refractivity contribution is -0.147. The minimum atomic E-state index is -0.910. The van der Waals surface area contributed by atoms with Gasteiger partial charge in [-0.1, -0.05) is 72.1 Å². The molecule has 124 valence electrons. The van der Waals surface area contributed by atoms with Crippen LogP contribution in [0.25, 0.3) is 0 Å². The van der Waals surface area contributed by atoms with E-state index < -0.39 is 23.7 Å². The summed E-state index contributed by atoms with van der Waals surface area (Å²) in [5, 5.41) is 9.23. The van der Waals surface area contributed by atoms with E-state index in [4.69, 9.17) is 5.73 Å². The van der Waals surface area contributed by atoms with Gasteiger partial charge in [-0.25, -0.2) is 0 Å². The van der Waals surface area contributed by atoms with Gasteiger partial charge in [-0.15, -0.1) is 0 Å². The molecule has 4 heteroatoms. The lowest BCUT2D eigenvalue weighted by Crippen LogP contribution is -2.33. The summed E-state index contributed by atoms with van der Waals surface area (Å²) in [6.07, 6.45) is 10.4. The Kier molecular flexibility index (Phi) is 11.0. The van der Waals surface area contributed by atoms with Crippen LogP contribution in [0.15, 0.2) is 0 Å². The Morgan fingerprint density at radius 2 is 1.52 bits per heavy atom. The number of carboxylic acids is 1. The fourth-order valence-electron chi connectivity index (χ4n) is 2.72. The maximum absolute atomic E-state index is 11.2. The van der Waals surface area contributed by atoms with Gasteiger partial charge in [0.25, 0.3) is 0 Å². The van der Waals surface area contributed by atoms with Crippen molar-refractivity contribution < 1.29 is 14.7 Å². The number of hydrogen-bond donors (Lipinski definition) is 2. The third kappa shape index (κ3) is 9.48. The van der Waals surface area contributed by atoms with Crippen molar-refractivity contribution in [3.05, 3.63) is 0 Å². The minimum Gasteiger partial charge on any atom is -0.481 e. The summed E-state index contributed by atoms with van der Waals surface area (Å²) in [6, 6.07) is 0. The number of amides is 1. The predicted octanol–water partition coefficient (Wildman–Crippen LogP) is 3.98. The molecule has 0 radical (unpaired) electrons. The van der Waals surface area contributed by atoms with E-state index >= 15 is 0 Å². The number of nitrogens with two attached hydrogens (primary N) is 1. The predicted molar refractivity (Wildman–Crippen MR) is 85.9 cm³/mol. The number of carbonyl (C=O) groups is 2. The van der Waals surface area contributed by atoms with Gasteiger partial charge in [0, 0.05) is 5.92 Å². The number of unbranched alkanes of at least 4 members (excludes halogenated alkanes) is 6. The van der Waals surface area contributed by atoms with Crippen molar-refractivity contribution in [1.82, 2.24) is 0 Å². The molecule has 0 aliphatic carbocycles. The van der Waals surface area contributed by atoms with E-state index in [0.29, 0.717) is 12.3 Å². The first-order valence-corrected chi connectivity index (χ1v) is 8.42. The molecule has 0 rings (SSSR count). The maximum Gasteiger partial charge on any atom is 0.307 e. The molecule has 3 N–H and O–H groups in total. The highest BCUT2D eigenvalue weighted by atomic mass is 16.4. The maximum atomic E-state index is 11.2. The highest BCUT2D eigenvalue weighted by Gasteiger charge is 2.29. The number of carbonyl (C=O) groups excluding carboxylic acids is 1. The van der Waals surface area contributed by atoms with E-state index in [1.807, 2.05) is 0 Å². The number of aliphatic carboxylic acids is 1. The van der Waals surface area contributed by atoms with Gasteiger partial charge in [-0.05, 0) is 12.3 Å². The summed E-state index contributed by atoms with van der Waals surface area (Å²) in [5.41, 5.74) is 5.23. The SMILES string of the molecule is CCCCCCCCCC(C)CC(C(=O)O)C(C)C(N)=O.